The van der Waals surface area contributed by atoms with Crippen LogP contribution in [0.4, 0.5) is 0 Å². The van der Waals surface area contributed by atoms with Crippen LogP contribution in [0.25, 0.3) is 0 Å². The van der Waals surface area contributed by atoms with Crippen molar-refractivity contribution in [3.8, 4) is 0 Å². The number of nitrogens with zero attached hydrogens (tertiary/aromatic N) is 1. The summed E-state index contributed by atoms with van der Waals surface area (Å²) in [5.41, 5.74) is 7.77. The second kappa shape index (κ2) is 8.15. The van der Waals surface area contributed by atoms with E-state index in [0.717, 1.165) is 31.6 Å². The highest BCUT2D eigenvalue weighted by atomic mass is 16.2. The lowest BCUT2D eigenvalue weighted by molar-refractivity contribution is -0.136. The first-order valence-electron chi connectivity index (χ1n) is 9.71. The number of hydrogen-bond acceptors (Lipinski definition) is 2. The average molecular weight is 329 g/mol. The molecule has 2 fully saturated rings. The molecule has 0 saturated heterocycles. The smallest absolute Gasteiger partial charge is 0.239 e. The van der Waals surface area contributed by atoms with Crippen LogP contribution in [0.3, 0.4) is 0 Å². The van der Waals surface area contributed by atoms with Crippen molar-refractivity contribution < 1.29 is 4.79 Å². The predicted octanol–water partition coefficient (Wildman–Crippen LogP) is 3.76. The molecule has 3 rings (SSSR count). The lowest BCUT2D eigenvalue weighted by atomic mass is 9.76. The Labute approximate surface area is 146 Å². The topological polar surface area (TPSA) is 46.3 Å². The number of carbonyl (C=O) groups is 1. The number of hydrogen-bond donors (Lipinski definition) is 1. The number of benzene rings is 1. The van der Waals surface area contributed by atoms with Crippen LogP contribution in [0.1, 0.15) is 56.9 Å². The van der Waals surface area contributed by atoms with E-state index in [2.05, 4.69) is 30.3 Å². The maximum atomic E-state index is 12.6. The Balaban J connectivity index is 1.41. The van der Waals surface area contributed by atoms with Gasteiger partial charge in [0.25, 0.3) is 0 Å². The van der Waals surface area contributed by atoms with Crippen LogP contribution in [-0.2, 0) is 11.2 Å². The molecule has 3 heteroatoms. The summed E-state index contributed by atoms with van der Waals surface area (Å²) in [6.45, 7) is 0. The van der Waals surface area contributed by atoms with Crippen molar-refractivity contribution in [3.63, 3.8) is 0 Å². The van der Waals surface area contributed by atoms with E-state index in [0.29, 0.717) is 12.0 Å². The minimum absolute atomic E-state index is 0.174. The Morgan fingerprint density at radius 3 is 2.38 bits per heavy atom. The molecule has 2 aliphatic rings. The van der Waals surface area contributed by atoms with Gasteiger partial charge in [0.2, 0.25) is 5.91 Å². The number of carbonyl (C=O) groups excluding carboxylic acids is 1. The van der Waals surface area contributed by atoms with E-state index in [1.54, 1.807) is 0 Å². The van der Waals surface area contributed by atoms with Gasteiger partial charge >= 0.3 is 0 Å². The van der Waals surface area contributed by atoms with Gasteiger partial charge in [0, 0.05) is 13.1 Å². The molecule has 1 aromatic rings. The molecule has 2 N–H and O–H groups in total. The summed E-state index contributed by atoms with van der Waals surface area (Å²) >= 11 is 0. The molecule has 0 spiro atoms. The zero-order chi connectivity index (χ0) is 16.9. The van der Waals surface area contributed by atoms with E-state index < -0.39 is 0 Å². The fourth-order valence-corrected chi connectivity index (χ4v) is 4.24. The number of nitrogens with two attached hydrogens (primary N) is 1. The summed E-state index contributed by atoms with van der Waals surface area (Å²) in [5.74, 6) is 1.36. The Morgan fingerprint density at radius 2 is 1.79 bits per heavy atom. The predicted molar refractivity (Wildman–Crippen MR) is 98.6 cm³/mol. The molecule has 132 valence electrons. The molecule has 2 aliphatic carbocycles. The molecule has 1 unspecified atom stereocenters. The van der Waals surface area contributed by atoms with E-state index >= 15 is 0 Å². The standard InChI is InChI=1S/C21H32N2O/c1-23(19-8-5-9-19)21(24)20(22)18-14-12-17(13-15-18)11-10-16-6-3-2-4-7-16/h2-4,6-7,17-20H,5,8-15,22H2,1H3. The van der Waals surface area contributed by atoms with Crippen molar-refractivity contribution in [1.29, 1.82) is 0 Å². The summed E-state index contributed by atoms with van der Waals surface area (Å²) in [5, 5.41) is 0. The van der Waals surface area contributed by atoms with Gasteiger partial charge < -0.3 is 10.6 Å². The Kier molecular flexibility index (Phi) is 5.94. The van der Waals surface area contributed by atoms with Crippen LogP contribution < -0.4 is 5.73 Å². The SMILES string of the molecule is CN(C(=O)C(N)C1CCC(CCc2ccccc2)CC1)C1CCC1. The summed E-state index contributed by atoms with van der Waals surface area (Å²) in [6, 6.07) is 10.9. The van der Waals surface area contributed by atoms with E-state index in [1.807, 2.05) is 11.9 Å². The van der Waals surface area contributed by atoms with Crippen molar-refractivity contribution in [3.05, 3.63) is 35.9 Å². The van der Waals surface area contributed by atoms with E-state index in [1.165, 1.54) is 37.7 Å². The van der Waals surface area contributed by atoms with Gasteiger partial charge in [-0.25, -0.2) is 0 Å². The maximum absolute atomic E-state index is 12.6. The number of rotatable bonds is 6. The molecule has 0 aliphatic heterocycles. The van der Waals surface area contributed by atoms with Gasteiger partial charge in [-0.15, -0.1) is 0 Å². The van der Waals surface area contributed by atoms with E-state index in [4.69, 9.17) is 5.73 Å². The Hall–Kier alpha value is -1.35. The van der Waals surface area contributed by atoms with Crippen molar-refractivity contribution in [1.82, 2.24) is 4.90 Å². The maximum Gasteiger partial charge on any atom is 0.239 e. The van der Waals surface area contributed by atoms with Crippen LogP contribution in [0.5, 0.6) is 0 Å². The molecule has 0 radical (unpaired) electrons. The van der Waals surface area contributed by atoms with Crippen LogP contribution in [0, 0.1) is 11.8 Å². The largest absolute Gasteiger partial charge is 0.341 e. The molecule has 1 aromatic carbocycles. The van der Waals surface area contributed by atoms with Gasteiger partial charge in [0.15, 0.2) is 0 Å². The van der Waals surface area contributed by atoms with Crippen molar-refractivity contribution >= 4 is 5.91 Å². The molecule has 24 heavy (non-hydrogen) atoms. The monoisotopic (exact) mass is 328 g/mol. The lowest BCUT2D eigenvalue weighted by Crippen LogP contribution is -2.52. The van der Waals surface area contributed by atoms with Crippen LogP contribution in [-0.4, -0.2) is 29.9 Å². The highest BCUT2D eigenvalue weighted by Crippen LogP contribution is 2.34. The average Bonchev–Trinajstić information content (AvgIpc) is 2.58. The minimum Gasteiger partial charge on any atom is -0.341 e. The quantitative estimate of drug-likeness (QED) is 0.864. The van der Waals surface area contributed by atoms with Crippen LogP contribution in [0.15, 0.2) is 30.3 Å². The second-order valence-electron chi connectivity index (χ2n) is 7.86. The van der Waals surface area contributed by atoms with Crippen molar-refractivity contribution in [2.24, 2.45) is 17.6 Å². The van der Waals surface area contributed by atoms with Gasteiger partial charge in [-0.1, -0.05) is 43.2 Å². The molecule has 3 nitrogen and oxygen atoms in total. The van der Waals surface area contributed by atoms with E-state index in [9.17, 15) is 4.79 Å². The van der Waals surface area contributed by atoms with Gasteiger partial charge in [-0.3, -0.25) is 4.79 Å². The molecule has 1 amide bonds. The van der Waals surface area contributed by atoms with Crippen molar-refractivity contribution in [2.75, 3.05) is 7.05 Å². The highest BCUT2D eigenvalue weighted by molar-refractivity contribution is 5.82. The van der Waals surface area contributed by atoms with Gasteiger partial charge in [0.1, 0.15) is 0 Å². The lowest BCUT2D eigenvalue weighted by Gasteiger charge is -2.38. The van der Waals surface area contributed by atoms with Gasteiger partial charge in [-0.2, -0.15) is 0 Å². The molecule has 2 saturated carbocycles. The van der Waals surface area contributed by atoms with Crippen LogP contribution >= 0.6 is 0 Å². The third-order valence-electron chi connectivity index (χ3n) is 6.34. The summed E-state index contributed by atoms with van der Waals surface area (Å²) in [4.78, 5) is 14.5. The van der Waals surface area contributed by atoms with Crippen LogP contribution in [0.2, 0.25) is 0 Å². The first-order valence-corrected chi connectivity index (χ1v) is 9.71. The fraction of sp³-hybridized carbons (Fsp3) is 0.667. The normalized spacial score (nSPS) is 25.8. The number of amides is 1. The zero-order valence-electron chi connectivity index (χ0n) is 15.0. The molecule has 0 bridgehead atoms. The Morgan fingerprint density at radius 1 is 1.12 bits per heavy atom. The molecule has 1 atom stereocenters. The van der Waals surface area contributed by atoms with Crippen molar-refractivity contribution in [2.45, 2.75) is 69.9 Å². The third-order valence-corrected chi connectivity index (χ3v) is 6.34. The summed E-state index contributed by atoms with van der Waals surface area (Å²) in [6.07, 6.45) is 10.7. The van der Waals surface area contributed by atoms with E-state index in [-0.39, 0.29) is 11.9 Å². The highest BCUT2D eigenvalue weighted by Gasteiger charge is 2.34. The first-order chi connectivity index (χ1) is 11.6. The third kappa shape index (κ3) is 4.18. The minimum atomic E-state index is -0.286. The fourth-order valence-electron chi connectivity index (χ4n) is 4.24. The summed E-state index contributed by atoms with van der Waals surface area (Å²) in [7, 11) is 1.94. The molecular weight excluding hydrogens is 296 g/mol. The first kappa shape index (κ1) is 17.5. The molecule has 0 heterocycles. The second-order valence-corrected chi connectivity index (χ2v) is 7.86. The number of aryl methyl sites for hydroxylation is 1. The molecule has 0 aromatic heterocycles. The van der Waals surface area contributed by atoms with Gasteiger partial charge in [0.05, 0.1) is 6.04 Å². The Bertz CT molecular complexity index is 518. The summed E-state index contributed by atoms with van der Waals surface area (Å²) < 4.78 is 0. The molecular formula is C21H32N2O. The number of likely N-dealkylation sites (N-methyl/N-ethyl adjacent to an activating group) is 1. The van der Waals surface area contributed by atoms with Gasteiger partial charge in [-0.05, 0) is 62.3 Å². The zero-order valence-corrected chi connectivity index (χ0v) is 15.0.